The molecule has 0 saturated carbocycles. The second-order valence-electron chi connectivity index (χ2n) is 3.02. The topological polar surface area (TPSA) is 48.1 Å². The van der Waals surface area contributed by atoms with Gasteiger partial charge >= 0.3 is 6.18 Å². The lowest BCUT2D eigenvalue weighted by Gasteiger charge is -2.14. The summed E-state index contributed by atoms with van der Waals surface area (Å²) in [5.41, 5.74) is 5.23. The van der Waals surface area contributed by atoms with Crippen molar-refractivity contribution >= 4 is 0 Å². The highest BCUT2D eigenvalue weighted by atomic mass is 19.4. The lowest BCUT2D eigenvalue weighted by atomic mass is 10.1. The molecule has 0 fully saturated rings. The molecule has 1 aromatic rings. The molecule has 1 atom stereocenters. The van der Waals surface area contributed by atoms with Crippen molar-refractivity contribution in [3.05, 3.63) is 23.9 Å². The number of nitrogens with two attached hydrogens (primary N) is 1. The van der Waals surface area contributed by atoms with Gasteiger partial charge in [-0.25, -0.2) is 4.98 Å². The average molecular weight is 220 g/mol. The van der Waals surface area contributed by atoms with Crippen molar-refractivity contribution in [2.45, 2.75) is 18.6 Å². The first-order valence-corrected chi connectivity index (χ1v) is 4.25. The zero-order chi connectivity index (χ0) is 11.5. The molecule has 1 unspecified atom stereocenters. The maximum Gasteiger partial charge on any atom is 0.404 e. The Kier molecular flexibility index (Phi) is 3.52. The number of aromatic nitrogens is 1. The van der Waals surface area contributed by atoms with E-state index in [1.54, 1.807) is 12.1 Å². The molecule has 1 heterocycles. The number of alkyl halides is 3. The summed E-state index contributed by atoms with van der Waals surface area (Å²) in [6.45, 7) is 0. The fourth-order valence-electron chi connectivity index (χ4n) is 1.03. The van der Waals surface area contributed by atoms with E-state index in [9.17, 15) is 13.2 Å². The molecule has 84 valence electrons. The second kappa shape index (κ2) is 4.48. The highest BCUT2D eigenvalue weighted by molar-refractivity contribution is 5.16. The molecular formula is C9H11F3N2O. The van der Waals surface area contributed by atoms with Crippen molar-refractivity contribution < 1.29 is 17.9 Å². The van der Waals surface area contributed by atoms with Gasteiger partial charge in [0.15, 0.2) is 0 Å². The van der Waals surface area contributed by atoms with Crippen molar-refractivity contribution in [3.63, 3.8) is 0 Å². The van der Waals surface area contributed by atoms with Crippen LogP contribution in [0.2, 0.25) is 0 Å². The summed E-state index contributed by atoms with van der Waals surface area (Å²) in [5, 5.41) is 0. The van der Waals surface area contributed by atoms with Crippen molar-refractivity contribution in [1.82, 2.24) is 4.98 Å². The summed E-state index contributed by atoms with van der Waals surface area (Å²) in [6.07, 6.45) is -4.74. The first-order valence-electron chi connectivity index (χ1n) is 4.25. The third-order valence-electron chi connectivity index (χ3n) is 1.84. The smallest absolute Gasteiger partial charge is 0.404 e. The molecular weight excluding hydrogens is 209 g/mol. The molecule has 3 nitrogen and oxygen atoms in total. The molecule has 1 aromatic heterocycles. The lowest BCUT2D eigenvalue weighted by Crippen LogP contribution is -2.39. The molecule has 0 aliphatic carbocycles. The van der Waals surface area contributed by atoms with Crippen LogP contribution in [0.15, 0.2) is 18.2 Å². The Hall–Kier alpha value is -1.30. The van der Waals surface area contributed by atoms with Gasteiger partial charge in [-0.1, -0.05) is 6.07 Å². The number of hydrogen-bond acceptors (Lipinski definition) is 3. The SMILES string of the molecule is COc1cccc(CC(N)C(F)(F)F)n1. The van der Waals surface area contributed by atoms with Crippen LogP contribution in [0.25, 0.3) is 0 Å². The van der Waals surface area contributed by atoms with Gasteiger partial charge in [-0.2, -0.15) is 13.2 Å². The molecule has 15 heavy (non-hydrogen) atoms. The van der Waals surface area contributed by atoms with Crippen LogP contribution in [0.1, 0.15) is 5.69 Å². The summed E-state index contributed by atoms with van der Waals surface area (Å²) >= 11 is 0. The molecule has 0 spiro atoms. The maximum atomic E-state index is 12.1. The van der Waals surface area contributed by atoms with E-state index in [0.29, 0.717) is 0 Å². The Morgan fingerprint density at radius 3 is 2.67 bits per heavy atom. The van der Waals surface area contributed by atoms with Crippen molar-refractivity contribution in [3.8, 4) is 5.88 Å². The van der Waals surface area contributed by atoms with E-state index < -0.39 is 12.2 Å². The largest absolute Gasteiger partial charge is 0.481 e. The predicted molar refractivity (Wildman–Crippen MR) is 48.5 cm³/mol. The van der Waals surface area contributed by atoms with Crippen LogP contribution in [0, 0.1) is 0 Å². The molecule has 0 aliphatic rings. The Morgan fingerprint density at radius 1 is 1.47 bits per heavy atom. The van der Waals surface area contributed by atoms with E-state index in [1.165, 1.54) is 13.2 Å². The minimum absolute atomic E-state index is 0.263. The summed E-state index contributed by atoms with van der Waals surface area (Å²) in [7, 11) is 1.40. The third kappa shape index (κ3) is 3.39. The van der Waals surface area contributed by atoms with Crippen LogP contribution in [0.4, 0.5) is 13.2 Å². The monoisotopic (exact) mass is 220 g/mol. The maximum absolute atomic E-state index is 12.1. The standard InChI is InChI=1S/C9H11F3N2O/c1-15-8-4-2-3-6(14-8)5-7(13)9(10,11)12/h2-4,7H,5,13H2,1H3. The van der Waals surface area contributed by atoms with Gasteiger partial charge in [-0.15, -0.1) is 0 Å². The highest BCUT2D eigenvalue weighted by Crippen LogP contribution is 2.21. The average Bonchev–Trinajstić information content (AvgIpc) is 2.16. The van der Waals surface area contributed by atoms with Crippen molar-refractivity contribution in [1.29, 1.82) is 0 Å². The number of rotatable bonds is 3. The zero-order valence-electron chi connectivity index (χ0n) is 8.08. The zero-order valence-corrected chi connectivity index (χ0v) is 8.08. The first kappa shape index (κ1) is 11.8. The minimum Gasteiger partial charge on any atom is -0.481 e. The Bertz CT molecular complexity index is 327. The van der Waals surface area contributed by atoms with Crippen LogP contribution >= 0.6 is 0 Å². The quantitative estimate of drug-likeness (QED) is 0.840. The van der Waals surface area contributed by atoms with E-state index in [2.05, 4.69) is 4.98 Å². The number of nitrogens with zero attached hydrogens (tertiary/aromatic N) is 1. The van der Waals surface area contributed by atoms with Crippen LogP contribution in [-0.2, 0) is 6.42 Å². The fraction of sp³-hybridized carbons (Fsp3) is 0.444. The second-order valence-corrected chi connectivity index (χ2v) is 3.02. The van der Waals surface area contributed by atoms with Crippen molar-refractivity contribution in [2.75, 3.05) is 7.11 Å². The van der Waals surface area contributed by atoms with Gasteiger partial charge < -0.3 is 10.5 Å². The molecule has 0 aliphatic heterocycles. The number of ether oxygens (including phenoxy) is 1. The van der Waals surface area contributed by atoms with E-state index in [0.717, 1.165) is 0 Å². The van der Waals surface area contributed by atoms with Gasteiger partial charge in [-0.05, 0) is 6.07 Å². The normalized spacial score (nSPS) is 13.7. The van der Waals surface area contributed by atoms with Gasteiger partial charge in [0.2, 0.25) is 5.88 Å². The molecule has 0 bridgehead atoms. The number of methoxy groups -OCH3 is 1. The van der Waals surface area contributed by atoms with Crippen LogP contribution in [0.5, 0.6) is 5.88 Å². The molecule has 1 rings (SSSR count). The van der Waals surface area contributed by atoms with E-state index >= 15 is 0 Å². The molecule has 2 N–H and O–H groups in total. The van der Waals surface area contributed by atoms with Gasteiger partial charge in [0, 0.05) is 18.2 Å². The molecule has 0 aromatic carbocycles. The molecule has 0 amide bonds. The Morgan fingerprint density at radius 2 is 2.13 bits per heavy atom. The van der Waals surface area contributed by atoms with Crippen LogP contribution in [-0.4, -0.2) is 24.3 Å². The number of pyridine rings is 1. The summed E-state index contributed by atoms with van der Waals surface area (Å²) < 4.78 is 41.2. The molecule has 6 heteroatoms. The van der Waals surface area contributed by atoms with Crippen LogP contribution in [0.3, 0.4) is 0 Å². The Labute approximate surface area is 85.1 Å². The Balaban J connectivity index is 2.72. The van der Waals surface area contributed by atoms with Gasteiger partial charge in [-0.3, -0.25) is 0 Å². The van der Waals surface area contributed by atoms with Gasteiger partial charge in [0.1, 0.15) is 6.04 Å². The third-order valence-corrected chi connectivity index (χ3v) is 1.84. The van der Waals surface area contributed by atoms with Crippen molar-refractivity contribution in [2.24, 2.45) is 5.73 Å². The fourth-order valence-corrected chi connectivity index (χ4v) is 1.03. The van der Waals surface area contributed by atoms with Crippen LogP contribution < -0.4 is 10.5 Å². The summed E-state index contributed by atoms with van der Waals surface area (Å²) in [4.78, 5) is 3.84. The molecule has 0 saturated heterocycles. The van der Waals surface area contributed by atoms with E-state index in [4.69, 9.17) is 10.5 Å². The van der Waals surface area contributed by atoms with Gasteiger partial charge in [0.05, 0.1) is 7.11 Å². The number of hydrogen-bond donors (Lipinski definition) is 1. The highest BCUT2D eigenvalue weighted by Gasteiger charge is 2.36. The van der Waals surface area contributed by atoms with E-state index in [-0.39, 0.29) is 18.0 Å². The number of halogens is 3. The summed E-state index contributed by atoms with van der Waals surface area (Å²) in [6, 6.07) is 2.72. The lowest BCUT2D eigenvalue weighted by molar-refractivity contribution is -0.147. The van der Waals surface area contributed by atoms with Gasteiger partial charge in [0.25, 0.3) is 0 Å². The minimum atomic E-state index is -4.40. The molecule has 0 radical (unpaired) electrons. The first-order chi connectivity index (χ1) is 6.93. The van der Waals surface area contributed by atoms with E-state index in [1.807, 2.05) is 0 Å². The summed E-state index contributed by atoms with van der Waals surface area (Å²) in [5.74, 6) is 0.280. The predicted octanol–water partition coefficient (Wildman–Crippen LogP) is 1.52.